The molecule has 0 amide bonds. The van der Waals surface area contributed by atoms with E-state index in [9.17, 15) is 9.90 Å². The number of rotatable bonds is 6. The average molecular weight is 230 g/mol. The van der Waals surface area contributed by atoms with Gasteiger partial charge >= 0.3 is 5.97 Å². The van der Waals surface area contributed by atoms with E-state index in [4.69, 9.17) is 5.11 Å². The summed E-state index contributed by atoms with van der Waals surface area (Å²) in [5.41, 5.74) is 0. The largest absolute Gasteiger partial charge is 0.481 e. The van der Waals surface area contributed by atoms with Crippen molar-refractivity contribution >= 4 is 5.97 Å². The molecule has 1 rings (SSSR count). The number of nitrogens with one attached hydrogen (secondary N) is 1. The van der Waals surface area contributed by atoms with Gasteiger partial charge in [-0.3, -0.25) is 4.79 Å². The zero-order valence-electron chi connectivity index (χ0n) is 9.85. The third-order valence-electron chi connectivity index (χ3n) is 2.98. The molecule has 0 spiro atoms. The lowest BCUT2D eigenvalue weighted by molar-refractivity contribution is -0.139. The van der Waals surface area contributed by atoms with Crippen molar-refractivity contribution in [3.05, 3.63) is 0 Å². The predicted molar refractivity (Wildman–Crippen MR) is 61.4 cm³/mol. The lowest BCUT2D eigenvalue weighted by Gasteiger charge is -2.33. The number of likely N-dealkylation sites (tertiary alicyclic amines) is 1. The quantitative estimate of drug-likeness (QED) is 0.587. The zero-order valence-corrected chi connectivity index (χ0v) is 9.85. The highest BCUT2D eigenvalue weighted by atomic mass is 16.4. The van der Waals surface area contributed by atoms with Gasteiger partial charge in [-0.1, -0.05) is 0 Å². The summed E-state index contributed by atoms with van der Waals surface area (Å²) in [5, 5.41) is 21.3. The summed E-state index contributed by atoms with van der Waals surface area (Å²) in [6.07, 6.45) is 1.44. The Kier molecular flexibility index (Phi) is 5.73. The van der Waals surface area contributed by atoms with E-state index in [-0.39, 0.29) is 6.42 Å². The van der Waals surface area contributed by atoms with Crippen LogP contribution in [-0.2, 0) is 4.79 Å². The molecule has 0 radical (unpaired) electrons. The summed E-state index contributed by atoms with van der Waals surface area (Å²) >= 11 is 0. The van der Waals surface area contributed by atoms with E-state index < -0.39 is 12.1 Å². The van der Waals surface area contributed by atoms with Crippen molar-refractivity contribution in [1.29, 1.82) is 0 Å². The lowest BCUT2D eigenvalue weighted by atomic mass is 9.97. The number of carboxylic acid groups (broad SMARTS) is 1. The van der Waals surface area contributed by atoms with Gasteiger partial charge < -0.3 is 20.4 Å². The van der Waals surface area contributed by atoms with Crippen molar-refractivity contribution in [2.24, 2.45) is 5.92 Å². The highest BCUT2D eigenvalue weighted by Gasteiger charge is 2.21. The normalized spacial score (nSPS) is 24.2. The molecule has 94 valence electrons. The maximum atomic E-state index is 10.4. The van der Waals surface area contributed by atoms with Crippen LogP contribution in [0.1, 0.15) is 19.3 Å². The molecule has 3 N–H and O–H groups in total. The number of aliphatic carboxylic acids is 1. The van der Waals surface area contributed by atoms with Crippen LogP contribution < -0.4 is 5.32 Å². The molecular weight excluding hydrogens is 208 g/mol. The fourth-order valence-corrected chi connectivity index (χ4v) is 2.34. The van der Waals surface area contributed by atoms with Crippen molar-refractivity contribution in [2.75, 3.05) is 33.2 Å². The van der Waals surface area contributed by atoms with Gasteiger partial charge in [0.25, 0.3) is 0 Å². The summed E-state index contributed by atoms with van der Waals surface area (Å²) in [4.78, 5) is 12.6. The molecule has 1 heterocycles. The molecule has 1 aliphatic heterocycles. The van der Waals surface area contributed by atoms with E-state index in [1.165, 1.54) is 6.42 Å². The minimum atomic E-state index is -0.934. The first-order valence-electron chi connectivity index (χ1n) is 5.88. The van der Waals surface area contributed by atoms with Gasteiger partial charge in [0.15, 0.2) is 0 Å². The van der Waals surface area contributed by atoms with Crippen molar-refractivity contribution < 1.29 is 15.0 Å². The van der Waals surface area contributed by atoms with Crippen molar-refractivity contribution in [2.45, 2.75) is 25.4 Å². The third-order valence-corrected chi connectivity index (χ3v) is 2.98. The molecule has 0 bridgehead atoms. The molecule has 0 aromatic heterocycles. The number of carbonyl (C=O) groups is 1. The van der Waals surface area contributed by atoms with Gasteiger partial charge in [0.2, 0.25) is 0 Å². The minimum Gasteiger partial charge on any atom is -0.481 e. The predicted octanol–water partition coefficient (Wildman–Crippen LogP) is -0.247. The number of hydrogen-bond acceptors (Lipinski definition) is 4. The molecule has 1 saturated heterocycles. The second kappa shape index (κ2) is 6.83. The maximum Gasteiger partial charge on any atom is 0.306 e. The Hall–Kier alpha value is -0.650. The Morgan fingerprint density at radius 2 is 2.38 bits per heavy atom. The van der Waals surface area contributed by atoms with Gasteiger partial charge in [-0.2, -0.15) is 0 Å². The van der Waals surface area contributed by atoms with Crippen LogP contribution in [0.25, 0.3) is 0 Å². The van der Waals surface area contributed by atoms with Gasteiger partial charge in [0.1, 0.15) is 0 Å². The number of aliphatic hydroxyl groups is 1. The van der Waals surface area contributed by atoms with Gasteiger partial charge in [-0.25, -0.2) is 0 Å². The number of aliphatic hydroxyl groups excluding tert-OH is 1. The van der Waals surface area contributed by atoms with E-state index in [2.05, 4.69) is 10.2 Å². The first kappa shape index (κ1) is 13.4. The Morgan fingerprint density at radius 1 is 1.62 bits per heavy atom. The number of nitrogens with zero attached hydrogens (tertiary/aromatic N) is 1. The first-order chi connectivity index (χ1) is 7.61. The molecule has 0 saturated carbocycles. The lowest BCUT2D eigenvalue weighted by Crippen LogP contribution is -2.42. The maximum absolute atomic E-state index is 10.4. The highest BCUT2D eigenvalue weighted by Crippen LogP contribution is 2.16. The van der Waals surface area contributed by atoms with Crippen LogP contribution in [0.4, 0.5) is 0 Å². The Balaban J connectivity index is 2.28. The van der Waals surface area contributed by atoms with Crippen molar-refractivity contribution in [3.63, 3.8) is 0 Å². The smallest absolute Gasteiger partial charge is 0.306 e. The number of β-amino-alcohol motifs (C(OH)–C–C–N with tert-alkyl or cyclic N) is 1. The standard InChI is InChI=1S/C11H22N2O3/c1-12-6-9-3-2-4-13(7-9)8-10(14)5-11(15)16/h9-10,12,14H,2-8H2,1H3,(H,15,16). The second-order valence-corrected chi connectivity index (χ2v) is 4.58. The van der Waals surface area contributed by atoms with Gasteiger partial charge in [0.05, 0.1) is 12.5 Å². The summed E-state index contributed by atoms with van der Waals surface area (Å²) in [7, 11) is 1.94. The van der Waals surface area contributed by atoms with E-state index in [1.807, 2.05) is 7.05 Å². The minimum absolute atomic E-state index is 0.160. The second-order valence-electron chi connectivity index (χ2n) is 4.58. The number of hydrogen-bond donors (Lipinski definition) is 3. The molecule has 0 aromatic carbocycles. The third kappa shape index (κ3) is 4.92. The average Bonchev–Trinajstić information content (AvgIpc) is 2.17. The van der Waals surface area contributed by atoms with Gasteiger partial charge in [-0.15, -0.1) is 0 Å². The van der Waals surface area contributed by atoms with Crippen LogP contribution in [0.5, 0.6) is 0 Å². The number of piperidine rings is 1. The van der Waals surface area contributed by atoms with Crippen LogP contribution in [0.15, 0.2) is 0 Å². The molecule has 0 aliphatic carbocycles. The molecule has 2 atom stereocenters. The first-order valence-corrected chi connectivity index (χ1v) is 5.88. The topological polar surface area (TPSA) is 72.8 Å². The molecule has 5 nitrogen and oxygen atoms in total. The molecular formula is C11H22N2O3. The molecule has 1 aliphatic rings. The fraction of sp³-hybridized carbons (Fsp3) is 0.909. The molecule has 1 fully saturated rings. The van der Waals surface area contributed by atoms with Crippen molar-refractivity contribution in [3.8, 4) is 0 Å². The fourth-order valence-electron chi connectivity index (χ4n) is 2.34. The van der Waals surface area contributed by atoms with Crippen LogP contribution in [0, 0.1) is 5.92 Å². The van der Waals surface area contributed by atoms with E-state index in [0.29, 0.717) is 12.5 Å². The monoisotopic (exact) mass is 230 g/mol. The molecule has 2 unspecified atom stereocenters. The Morgan fingerprint density at radius 3 is 3.00 bits per heavy atom. The Labute approximate surface area is 96.4 Å². The molecule has 16 heavy (non-hydrogen) atoms. The SMILES string of the molecule is CNCC1CCCN(CC(O)CC(=O)O)C1. The van der Waals surface area contributed by atoms with E-state index >= 15 is 0 Å². The Bertz CT molecular complexity index is 221. The number of carboxylic acids is 1. The van der Waals surface area contributed by atoms with E-state index in [0.717, 1.165) is 26.1 Å². The summed E-state index contributed by atoms with van der Waals surface area (Å²) in [6, 6.07) is 0. The summed E-state index contributed by atoms with van der Waals surface area (Å²) in [5.74, 6) is -0.313. The zero-order chi connectivity index (χ0) is 12.0. The van der Waals surface area contributed by atoms with Crippen LogP contribution >= 0.6 is 0 Å². The van der Waals surface area contributed by atoms with Gasteiger partial charge in [0, 0.05) is 13.1 Å². The summed E-state index contributed by atoms with van der Waals surface area (Å²) in [6.45, 7) is 3.40. The van der Waals surface area contributed by atoms with Crippen molar-refractivity contribution in [1.82, 2.24) is 10.2 Å². The van der Waals surface area contributed by atoms with Gasteiger partial charge in [-0.05, 0) is 38.9 Å². The summed E-state index contributed by atoms with van der Waals surface area (Å²) < 4.78 is 0. The molecule has 0 aromatic rings. The molecule has 5 heteroatoms. The van der Waals surface area contributed by atoms with Crippen LogP contribution in [0.2, 0.25) is 0 Å². The van der Waals surface area contributed by atoms with Crippen LogP contribution in [0.3, 0.4) is 0 Å². The highest BCUT2D eigenvalue weighted by molar-refractivity contribution is 5.67. The van der Waals surface area contributed by atoms with Crippen LogP contribution in [-0.4, -0.2) is 60.4 Å². The van der Waals surface area contributed by atoms with E-state index in [1.54, 1.807) is 0 Å².